The Balaban J connectivity index is 3.62. The van der Waals surface area contributed by atoms with Gasteiger partial charge in [-0.1, -0.05) is 0 Å². The van der Waals surface area contributed by atoms with Crippen LogP contribution in [0.5, 0.6) is 0 Å². The molecule has 0 heterocycles. The van der Waals surface area contributed by atoms with Gasteiger partial charge in [0, 0.05) is 13.3 Å². The Labute approximate surface area is 92.9 Å². The van der Waals surface area contributed by atoms with Gasteiger partial charge in [-0.15, -0.1) is 0 Å². The number of ether oxygens (including phenoxy) is 1. The molecule has 0 aromatic rings. The molecule has 7 nitrogen and oxygen atoms in total. The van der Waals surface area contributed by atoms with Crippen LogP contribution in [0.1, 0.15) is 19.8 Å². The number of carbonyl (C=O) groups is 3. The van der Waals surface area contributed by atoms with Crippen LogP contribution in [0.2, 0.25) is 0 Å². The molecular formula is C9H16N2O5. The van der Waals surface area contributed by atoms with E-state index >= 15 is 0 Å². The van der Waals surface area contributed by atoms with Gasteiger partial charge in [-0.3, -0.25) is 14.4 Å². The fourth-order valence-electron chi connectivity index (χ4n) is 0.883. The molecule has 1 unspecified atom stereocenters. The van der Waals surface area contributed by atoms with Crippen molar-refractivity contribution in [3.63, 3.8) is 0 Å². The summed E-state index contributed by atoms with van der Waals surface area (Å²) in [4.78, 5) is 31.8. The second-order valence-corrected chi connectivity index (χ2v) is 3.19. The summed E-state index contributed by atoms with van der Waals surface area (Å²) in [5.41, 5.74) is 5.38. The van der Waals surface area contributed by atoms with Gasteiger partial charge in [0.1, 0.15) is 12.6 Å². The van der Waals surface area contributed by atoms with Gasteiger partial charge in [0.2, 0.25) is 5.91 Å². The van der Waals surface area contributed by atoms with Gasteiger partial charge in [-0.25, -0.2) is 0 Å². The first kappa shape index (κ1) is 14.4. The summed E-state index contributed by atoms with van der Waals surface area (Å²) in [5.74, 6) is -1.89. The van der Waals surface area contributed by atoms with Crippen LogP contribution in [-0.4, -0.2) is 42.1 Å². The van der Waals surface area contributed by atoms with Crippen LogP contribution < -0.4 is 11.1 Å². The first-order chi connectivity index (χ1) is 7.43. The van der Waals surface area contributed by atoms with Crippen LogP contribution in [0.4, 0.5) is 0 Å². The highest BCUT2D eigenvalue weighted by molar-refractivity contribution is 5.76. The Morgan fingerprint density at radius 1 is 1.44 bits per heavy atom. The molecule has 0 aliphatic carbocycles. The number of amides is 1. The predicted octanol–water partition coefficient (Wildman–Crippen LogP) is -1.14. The number of esters is 1. The maximum Gasteiger partial charge on any atom is 0.322 e. The lowest BCUT2D eigenvalue weighted by Gasteiger charge is -2.10. The van der Waals surface area contributed by atoms with Crippen molar-refractivity contribution in [2.75, 3.05) is 13.2 Å². The number of carboxylic acids is 1. The quantitative estimate of drug-likeness (QED) is 0.377. The SMILES string of the molecule is CC(=O)NCCOC(=O)C(N)CCC(=O)O. The second kappa shape index (κ2) is 7.63. The lowest BCUT2D eigenvalue weighted by molar-refractivity contribution is -0.146. The molecule has 1 atom stereocenters. The minimum absolute atomic E-state index is 0.0270. The van der Waals surface area contributed by atoms with Crippen molar-refractivity contribution in [2.24, 2.45) is 5.73 Å². The van der Waals surface area contributed by atoms with Gasteiger partial charge < -0.3 is 20.9 Å². The molecule has 0 radical (unpaired) electrons. The first-order valence-electron chi connectivity index (χ1n) is 4.82. The van der Waals surface area contributed by atoms with E-state index in [1.165, 1.54) is 6.92 Å². The van der Waals surface area contributed by atoms with E-state index in [9.17, 15) is 14.4 Å². The van der Waals surface area contributed by atoms with Crippen LogP contribution in [0, 0.1) is 0 Å². The lowest BCUT2D eigenvalue weighted by Crippen LogP contribution is -2.35. The summed E-state index contributed by atoms with van der Waals surface area (Å²) in [7, 11) is 0. The van der Waals surface area contributed by atoms with E-state index < -0.39 is 18.0 Å². The van der Waals surface area contributed by atoms with E-state index in [2.05, 4.69) is 5.32 Å². The van der Waals surface area contributed by atoms with Crippen molar-refractivity contribution in [2.45, 2.75) is 25.8 Å². The molecule has 1 amide bonds. The van der Waals surface area contributed by atoms with Gasteiger partial charge in [-0.2, -0.15) is 0 Å². The highest BCUT2D eigenvalue weighted by Gasteiger charge is 2.15. The summed E-state index contributed by atoms with van der Waals surface area (Å²) in [6.07, 6.45) is -0.143. The van der Waals surface area contributed by atoms with Gasteiger partial charge in [0.25, 0.3) is 0 Å². The molecule has 0 saturated carbocycles. The first-order valence-corrected chi connectivity index (χ1v) is 4.82. The van der Waals surface area contributed by atoms with Crippen molar-refractivity contribution in [3.8, 4) is 0 Å². The Hall–Kier alpha value is -1.63. The van der Waals surface area contributed by atoms with Crippen LogP contribution in [0.3, 0.4) is 0 Å². The average Bonchev–Trinajstić information content (AvgIpc) is 2.20. The number of rotatable bonds is 7. The molecule has 16 heavy (non-hydrogen) atoms. The van der Waals surface area contributed by atoms with Crippen molar-refractivity contribution in [3.05, 3.63) is 0 Å². The normalized spacial score (nSPS) is 11.6. The molecule has 92 valence electrons. The third-order valence-corrected chi connectivity index (χ3v) is 1.69. The van der Waals surface area contributed by atoms with Gasteiger partial charge >= 0.3 is 11.9 Å². The highest BCUT2D eigenvalue weighted by Crippen LogP contribution is 1.96. The molecule has 4 N–H and O–H groups in total. The number of carbonyl (C=O) groups excluding carboxylic acids is 2. The van der Waals surface area contributed by atoms with Crippen molar-refractivity contribution >= 4 is 17.8 Å². The molecule has 0 fully saturated rings. The molecule has 0 aromatic carbocycles. The monoisotopic (exact) mass is 232 g/mol. The second-order valence-electron chi connectivity index (χ2n) is 3.19. The summed E-state index contributed by atoms with van der Waals surface area (Å²) in [6, 6.07) is -0.937. The van der Waals surface area contributed by atoms with Gasteiger partial charge in [-0.05, 0) is 6.42 Å². The molecule has 0 rings (SSSR count). The smallest absolute Gasteiger partial charge is 0.322 e. The van der Waals surface area contributed by atoms with E-state index in [0.29, 0.717) is 0 Å². The fourth-order valence-corrected chi connectivity index (χ4v) is 0.883. The fraction of sp³-hybridized carbons (Fsp3) is 0.667. The molecule has 0 bridgehead atoms. The van der Waals surface area contributed by atoms with E-state index in [0.717, 1.165) is 0 Å². The maximum atomic E-state index is 11.1. The third kappa shape index (κ3) is 7.74. The zero-order chi connectivity index (χ0) is 12.6. The minimum atomic E-state index is -1.01. The number of hydrogen-bond acceptors (Lipinski definition) is 5. The molecule has 0 spiro atoms. The van der Waals surface area contributed by atoms with Crippen LogP contribution in [0.25, 0.3) is 0 Å². The van der Waals surface area contributed by atoms with E-state index in [1.807, 2.05) is 0 Å². The van der Waals surface area contributed by atoms with Crippen molar-refractivity contribution in [1.29, 1.82) is 0 Å². The predicted molar refractivity (Wildman–Crippen MR) is 54.5 cm³/mol. The zero-order valence-corrected chi connectivity index (χ0v) is 9.06. The summed E-state index contributed by atoms with van der Waals surface area (Å²) in [6.45, 7) is 1.59. The molecule has 0 aliphatic rings. The summed E-state index contributed by atoms with van der Waals surface area (Å²) >= 11 is 0. The largest absolute Gasteiger partial charge is 0.481 e. The van der Waals surface area contributed by atoms with Crippen LogP contribution in [0.15, 0.2) is 0 Å². The average molecular weight is 232 g/mol. The summed E-state index contributed by atoms with van der Waals surface area (Å²) < 4.78 is 4.71. The standard InChI is InChI=1S/C9H16N2O5/c1-6(12)11-4-5-16-9(15)7(10)2-3-8(13)14/h7H,2-5,10H2,1H3,(H,11,12)(H,13,14). The molecule has 0 saturated heterocycles. The van der Waals surface area contributed by atoms with Crippen molar-refractivity contribution < 1.29 is 24.2 Å². The number of hydrogen-bond donors (Lipinski definition) is 3. The zero-order valence-electron chi connectivity index (χ0n) is 9.06. The van der Waals surface area contributed by atoms with Crippen LogP contribution >= 0.6 is 0 Å². The molecule has 0 aliphatic heterocycles. The lowest BCUT2D eigenvalue weighted by atomic mass is 10.2. The Kier molecular flexibility index (Phi) is 6.86. The number of aliphatic carboxylic acids is 1. The molecule has 7 heteroatoms. The molecular weight excluding hydrogens is 216 g/mol. The van der Waals surface area contributed by atoms with E-state index in [-0.39, 0.29) is 31.9 Å². The summed E-state index contributed by atoms with van der Waals surface area (Å²) in [5, 5.41) is 10.8. The number of nitrogens with one attached hydrogen (secondary N) is 1. The topological polar surface area (TPSA) is 119 Å². The third-order valence-electron chi connectivity index (χ3n) is 1.69. The molecule has 0 aromatic heterocycles. The Bertz CT molecular complexity index is 267. The van der Waals surface area contributed by atoms with Crippen molar-refractivity contribution in [1.82, 2.24) is 5.32 Å². The van der Waals surface area contributed by atoms with E-state index in [4.69, 9.17) is 15.6 Å². The maximum absolute atomic E-state index is 11.1. The number of nitrogens with two attached hydrogens (primary N) is 1. The van der Waals surface area contributed by atoms with E-state index in [1.54, 1.807) is 0 Å². The van der Waals surface area contributed by atoms with Crippen LogP contribution in [-0.2, 0) is 19.1 Å². The Morgan fingerprint density at radius 3 is 2.56 bits per heavy atom. The minimum Gasteiger partial charge on any atom is -0.481 e. The van der Waals surface area contributed by atoms with Gasteiger partial charge in [0.05, 0.1) is 6.54 Å². The van der Waals surface area contributed by atoms with Gasteiger partial charge in [0.15, 0.2) is 0 Å². The highest BCUT2D eigenvalue weighted by atomic mass is 16.5. The number of carboxylic acid groups (broad SMARTS) is 1. The Morgan fingerprint density at radius 2 is 2.06 bits per heavy atom.